The summed E-state index contributed by atoms with van der Waals surface area (Å²) >= 11 is 1.27. The van der Waals surface area contributed by atoms with Gasteiger partial charge in [-0.3, -0.25) is 9.79 Å². The number of aromatic nitrogens is 1. The zero-order valence-corrected chi connectivity index (χ0v) is 18.3. The van der Waals surface area contributed by atoms with Crippen LogP contribution in [0, 0.1) is 5.82 Å². The average Bonchev–Trinajstić information content (AvgIpc) is 2.80. The van der Waals surface area contributed by atoms with Crippen molar-refractivity contribution in [1.29, 1.82) is 0 Å². The molecular weight excluding hydrogens is 447 g/mol. The molecule has 0 saturated carbocycles. The molecule has 4 N–H and O–H groups in total. The summed E-state index contributed by atoms with van der Waals surface area (Å²) in [4.78, 5) is 21.1. The van der Waals surface area contributed by atoms with Crippen molar-refractivity contribution >= 4 is 28.5 Å². The van der Waals surface area contributed by atoms with Gasteiger partial charge >= 0.3 is 0 Å². The second-order valence-electron chi connectivity index (χ2n) is 7.55. The van der Waals surface area contributed by atoms with Crippen LogP contribution in [0.4, 0.5) is 10.1 Å². The minimum atomic E-state index is -0.840. The molecule has 2 aliphatic heterocycles. The lowest BCUT2D eigenvalue weighted by Crippen LogP contribution is -2.35. The van der Waals surface area contributed by atoms with E-state index in [1.54, 1.807) is 30.3 Å². The van der Waals surface area contributed by atoms with Gasteiger partial charge in [0.15, 0.2) is 16.7 Å². The molecule has 0 saturated heterocycles. The SMILES string of the molecule is COc1ccc(C(=O)Nc2ccc3c(c2)[C@@]2(CCN=C(N)S2)c2cc(O)cc(F)c2O3)nc1. The maximum absolute atomic E-state index is 14.7. The number of hydrogen-bond acceptors (Lipinski definition) is 8. The van der Waals surface area contributed by atoms with Gasteiger partial charge in [-0.05, 0) is 42.8 Å². The number of aromatic hydroxyl groups is 1. The fourth-order valence-electron chi connectivity index (χ4n) is 4.05. The molecule has 3 heterocycles. The number of carbonyl (C=O) groups excluding carboxylic acids is 1. The lowest BCUT2D eigenvalue weighted by Gasteiger charge is -2.41. The number of pyridine rings is 1. The van der Waals surface area contributed by atoms with Crippen LogP contribution >= 0.6 is 11.8 Å². The number of nitrogens with zero attached hydrogens (tertiary/aromatic N) is 2. The van der Waals surface area contributed by atoms with Crippen LogP contribution in [-0.2, 0) is 4.75 Å². The summed E-state index contributed by atoms with van der Waals surface area (Å²) < 4.78 is 24.8. The molecule has 1 amide bonds. The van der Waals surface area contributed by atoms with E-state index in [4.69, 9.17) is 15.2 Å². The number of fused-ring (bicyclic) bond motifs is 4. The van der Waals surface area contributed by atoms with Gasteiger partial charge in [-0.25, -0.2) is 9.37 Å². The number of rotatable bonds is 3. The van der Waals surface area contributed by atoms with Crippen LogP contribution in [0.3, 0.4) is 0 Å². The molecule has 0 aliphatic carbocycles. The Morgan fingerprint density at radius 2 is 2.12 bits per heavy atom. The third-order valence-corrected chi connectivity index (χ3v) is 6.89. The van der Waals surface area contributed by atoms with Crippen molar-refractivity contribution in [2.45, 2.75) is 11.2 Å². The zero-order chi connectivity index (χ0) is 23.2. The summed E-state index contributed by atoms with van der Waals surface area (Å²) in [5.41, 5.74) is 7.97. The van der Waals surface area contributed by atoms with E-state index >= 15 is 0 Å². The average molecular weight is 466 g/mol. The maximum atomic E-state index is 14.7. The van der Waals surface area contributed by atoms with Crippen LogP contribution in [0.1, 0.15) is 28.0 Å². The molecule has 5 rings (SSSR count). The maximum Gasteiger partial charge on any atom is 0.274 e. The summed E-state index contributed by atoms with van der Waals surface area (Å²) in [6.07, 6.45) is 1.96. The topological polar surface area (TPSA) is 119 Å². The molecule has 1 atom stereocenters. The normalized spacial score (nSPS) is 18.5. The Hall–Kier alpha value is -3.79. The van der Waals surface area contributed by atoms with Gasteiger partial charge in [0, 0.05) is 29.4 Å². The number of anilines is 1. The van der Waals surface area contributed by atoms with Crippen LogP contribution in [-0.4, -0.2) is 34.8 Å². The van der Waals surface area contributed by atoms with Crippen molar-refractivity contribution in [3.05, 3.63) is 71.3 Å². The first kappa shape index (κ1) is 21.1. The molecular formula is C23H19FN4O4S. The van der Waals surface area contributed by atoms with Gasteiger partial charge in [-0.1, -0.05) is 11.8 Å². The van der Waals surface area contributed by atoms with E-state index in [-0.39, 0.29) is 17.2 Å². The molecule has 10 heteroatoms. The Labute approximate surface area is 192 Å². The number of nitrogens with two attached hydrogens (primary N) is 1. The Morgan fingerprint density at radius 3 is 2.85 bits per heavy atom. The minimum Gasteiger partial charge on any atom is -0.508 e. The van der Waals surface area contributed by atoms with E-state index in [2.05, 4.69) is 15.3 Å². The van der Waals surface area contributed by atoms with Gasteiger partial charge in [0.2, 0.25) is 0 Å². The number of aliphatic imine (C=N–C) groups is 1. The van der Waals surface area contributed by atoms with E-state index in [0.29, 0.717) is 46.4 Å². The monoisotopic (exact) mass is 466 g/mol. The fraction of sp³-hybridized carbons (Fsp3) is 0.174. The molecule has 1 spiro atoms. The Morgan fingerprint density at radius 1 is 1.27 bits per heavy atom. The zero-order valence-electron chi connectivity index (χ0n) is 17.5. The number of phenolic OH excluding ortho intramolecular Hbond substituents is 1. The van der Waals surface area contributed by atoms with E-state index in [0.717, 1.165) is 6.07 Å². The Bertz CT molecular complexity index is 1300. The van der Waals surface area contributed by atoms with Crippen molar-refractivity contribution in [1.82, 2.24) is 4.98 Å². The minimum absolute atomic E-state index is 0.0433. The number of halogens is 1. The summed E-state index contributed by atoms with van der Waals surface area (Å²) in [5.74, 6) is -0.252. The number of methoxy groups -OCH3 is 1. The highest BCUT2D eigenvalue weighted by molar-refractivity contribution is 8.14. The molecule has 33 heavy (non-hydrogen) atoms. The van der Waals surface area contributed by atoms with Gasteiger partial charge in [0.25, 0.3) is 5.91 Å². The smallest absolute Gasteiger partial charge is 0.274 e. The molecule has 2 aromatic carbocycles. The highest BCUT2D eigenvalue weighted by Crippen LogP contribution is 2.58. The molecule has 168 valence electrons. The van der Waals surface area contributed by atoms with E-state index in [9.17, 15) is 14.3 Å². The lowest BCUT2D eigenvalue weighted by molar-refractivity contribution is 0.102. The van der Waals surface area contributed by atoms with Crippen LogP contribution in [0.15, 0.2) is 53.7 Å². The van der Waals surface area contributed by atoms with Crippen molar-refractivity contribution in [2.24, 2.45) is 10.7 Å². The van der Waals surface area contributed by atoms with Crippen LogP contribution < -0.4 is 20.5 Å². The predicted octanol–water partition coefficient (Wildman–Crippen LogP) is 3.99. The summed E-state index contributed by atoms with van der Waals surface area (Å²) in [5, 5.41) is 13.3. The number of benzene rings is 2. The molecule has 0 radical (unpaired) electrons. The first-order valence-corrected chi connectivity index (χ1v) is 10.9. The predicted molar refractivity (Wildman–Crippen MR) is 123 cm³/mol. The van der Waals surface area contributed by atoms with Gasteiger partial charge in [0.05, 0.1) is 18.1 Å². The third-order valence-electron chi connectivity index (χ3n) is 5.56. The number of thioether (sulfide) groups is 1. The van der Waals surface area contributed by atoms with Crippen molar-refractivity contribution in [3.63, 3.8) is 0 Å². The summed E-state index contributed by atoms with van der Waals surface area (Å²) in [7, 11) is 1.52. The van der Waals surface area contributed by atoms with Gasteiger partial charge in [-0.2, -0.15) is 0 Å². The second kappa shape index (κ2) is 7.96. The van der Waals surface area contributed by atoms with E-state index < -0.39 is 16.5 Å². The fourth-order valence-corrected chi connectivity index (χ4v) is 5.28. The molecule has 2 aliphatic rings. The van der Waals surface area contributed by atoms with Crippen molar-refractivity contribution in [3.8, 4) is 23.0 Å². The first-order chi connectivity index (χ1) is 15.9. The second-order valence-corrected chi connectivity index (χ2v) is 8.87. The molecule has 1 aromatic heterocycles. The quantitative estimate of drug-likeness (QED) is 0.534. The lowest BCUT2D eigenvalue weighted by atomic mass is 9.83. The van der Waals surface area contributed by atoms with E-state index in [1.165, 1.54) is 31.1 Å². The molecule has 3 aromatic rings. The number of phenols is 1. The molecule has 8 nitrogen and oxygen atoms in total. The Kier molecular flexibility index (Phi) is 5.09. The highest BCUT2D eigenvalue weighted by atomic mass is 32.2. The van der Waals surface area contributed by atoms with Gasteiger partial charge in [0.1, 0.15) is 22.9 Å². The first-order valence-electron chi connectivity index (χ1n) is 10.1. The van der Waals surface area contributed by atoms with Crippen LogP contribution in [0.25, 0.3) is 0 Å². The summed E-state index contributed by atoms with van der Waals surface area (Å²) in [6.45, 7) is 0.418. The number of amidine groups is 1. The molecule has 0 bridgehead atoms. The largest absolute Gasteiger partial charge is 0.508 e. The molecule has 0 fully saturated rings. The Balaban J connectivity index is 1.56. The summed E-state index contributed by atoms with van der Waals surface area (Å²) in [6, 6.07) is 10.8. The number of ether oxygens (including phenoxy) is 2. The van der Waals surface area contributed by atoms with E-state index in [1.807, 2.05) is 0 Å². The number of amides is 1. The highest BCUT2D eigenvalue weighted by Gasteiger charge is 2.46. The van der Waals surface area contributed by atoms with Crippen molar-refractivity contribution < 1.29 is 23.8 Å². The number of nitrogens with one attached hydrogen (secondary N) is 1. The third kappa shape index (κ3) is 3.62. The number of hydrogen-bond donors (Lipinski definition) is 3. The standard InChI is InChI=1S/C23H19FN4O4S/c1-31-14-3-4-18(27-11-14)21(30)28-12-2-5-19-15(8-12)23(6-7-26-22(25)33-23)16-9-13(29)10-17(24)20(16)32-19/h2-5,8-11,29H,6-7H2,1H3,(H2,25,26)(H,28,30)/t23-/m0/s1. The van der Waals surface area contributed by atoms with Gasteiger partial charge < -0.3 is 25.6 Å². The van der Waals surface area contributed by atoms with Crippen LogP contribution in [0.5, 0.6) is 23.0 Å². The van der Waals surface area contributed by atoms with Crippen LogP contribution in [0.2, 0.25) is 0 Å². The number of carbonyl (C=O) groups is 1. The van der Waals surface area contributed by atoms with Crippen molar-refractivity contribution in [2.75, 3.05) is 19.0 Å². The molecule has 0 unspecified atom stereocenters. The van der Waals surface area contributed by atoms with Gasteiger partial charge in [-0.15, -0.1) is 0 Å².